The van der Waals surface area contributed by atoms with Crippen LogP contribution in [0.25, 0.3) is 0 Å². The molecule has 0 aromatic heterocycles. The highest BCUT2D eigenvalue weighted by molar-refractivity contribution is 8.33. The zero-order chi connectivity index (χ0) is 6.36. The molecule has 2 atom stereocenters. The zero-order valence-corrected chi connectivity index (χ0v) is 7.89. The van der Waals surface area contributed by atoms with Gasteiger partial charge in [-0.25, -0.2) is 0 Å². The van der Waals surface area contributed by atoms with Gasteiger partial charge in [0.25, 0.3) is 0 Å². The van der Waals surface area contributed by atoms with Crippen LogP contribution >= 0.6 is 15.2 Å². The second-order valence-electron chi connectivity index (χ2n) is 3.15. The Bertz CT molecular complexity index is 98.7. The molecule has 1 aliphatic heterocycles. The molecule has 0 spiro atoms. The number of hydrogen-bond acceptors (Lipinski definition) is 0. The van der Waals surface area contributed by atoms with E-state index in [1.165, 1.54) is 6.16 Å². The van der Waals surface area contributed by atoms with Gasteiger partial charge < -0.3 is 0 Å². The maximum absolute atomic E-state index is 2.45. The van der Waals surface area contributed by atoms with E-state index in [4.69, 9.17) is 0 Å². The van der Waals surface area contributed by atoms with Gasteiger partial charge in [0.05, 0.1) is 0 Å². The van der Waals surface area contributed by atoms with Crippen molar-refractivity contribution in [1.82, 2.24) is 0 Å². The van der Waals surface area contributed by atoms with Crippen molar-refractivity contribution >= 4 is 15.2 Å². The first-order valence-corrected chi connectivity index (χ1v) is 7.46. The van der Waals surface area contributed by atoms with Crippen molar-refractivity contribution in [2.24, 2.45) is 0 Å². The van der Waals surface area contributed by atoms with Crippen LogP contribution in [0.2, 0.25) is 0 Å². The lowest BCUT2D eigenvalue weighted by Crippen LogP contribution is -2.28. The van der Waals surface area contributed by atoms with E-state index in [1.54, 1.807) is 0 Å². The van der Waals surface area contributed by atoms with Crippen LogP contribution in [0.3, 0.4) is 0 Å². The predicted molar refractivity (Wildman–Crippen MR) is 44.6 cm³/mol. The van der Waals surface area contributed by atoms with Crippen molar-refractivity contribution in [3.63, 3.8) is 0 Å². The monoisotopic (exact) mass is 148 g/mol. The van der Waals surface area contributed by atoms with Crippen molar-refractivity contribution in [2.75, 3.05) is 19.5 Å². The summed E-state index contributed by atoms with van der Waals surface area (Å²) in [5.74, 6) is 0. The summed E-state index contributed by atoms with van der Waals surface area (Å²) >= 11 is 0. The fourth-order valence-electron chi connectivity index (χ4n) is 1.15. The molecule has 0 bridgehead atoms. The molecule has 0 aromatic carbocycles. The summed E-state index contributed by atoms with van der Waals surface area (Å²) in [5.41, 5.74) is 0. The fourth-order valence-corrected chi connectivity index (χ4v) is 8.48. The Morgan fingerprint density at radius 3 is 1.75 bits per heavy atom. The maximum Gasteiger partial charge on any atom is -0.00727 e. The second kappa shape index (κ2) is 1.93. The average molecular weight is 148 g/mol. The van der Waals surface area contributed by atoms with Gasteiger partial charge in [0.2, 0.25) is 0 Å². The third-order valence-corrected chi connectivity index (χ3v) is 11.6. The van der Waals surface area contributed by atoms with Gasteiger partial charge in [0.1, 0.15) is 0 Å². The molecule has 1 rings (SSSR count). The van der Waals surface area contributed by atoms with Gasteiger partial charge in [-0.05, 0) is 24.6 Å². The molecular formula is C6H14P2. The molecule has 0 radical (unpaired) electrons. The summed E-state index contributed by atoms with van der Waals surface area (Å²) in [6.45, 7) is 9.69. The van der Waals surface area contributed by atoms with E-state index in [9.17, 15) is 0 Å². The van der Waals surface area contributed by atoms with E-state index in [-0.39, 0.29) is 0 Å². The first-order chi connectivity index (χ1) is 3.54. The van der Waals surface area contributed by atoms with Crippen LogP contribution in [0.1, 0.15) is 13.8 Å². The van der Waals surface area contributed by atoms with Gasteiger partial charge in [-0.15, -0.1) is 0 Å². The average Bonchev–Trinajstić information content (AvgIpc) is 1.65. The highest BCUT2D eigenvalue weighted by atomic mass is 32.1. The van der Waals surface area contributed by atoms with Crippen LogP contribution in [-0.4, -0.2) is 24.6 Å². The highest BCUT2D eigenvalue weighted by Crippen LogP contribution is 2.82. The Morgan fingerprint density at radius 2 is 1.75 bits per heavy atom. The summed E-state index contributed by atoms with van der Waals surface area (Å²) < 4.78 is 0. The van der Waals surface area contributed by atoms with E-state index >= 15 is 0 Å². The minimum atomic E-state index is 0.443. The van der Waals surface area contributed by atoms with Crippen molar-refractivity contribution in [2.45, 2.75) is 19.0 Å². The Balaban J connectivity index is 2.47. The molecule has 1 fully saturated rings. The number of rotatable bonds is 0. The van der Waals surface area contributed by atoms with Gasteiger partial charge in [0.15, 0.2) is 0 Å². The first kappa shape index (κ1) is 6.97. The molecule has 1 aliphatic rings. The van der Waals surface area contributed by atoms with E-state index in [0.29, 0.717) is 15.2 Å². The highest BCUT2D eigenvalue weighted by Gasteiger charge is 2.40. The lowest BCUT2D eigenvalue weighted by molar-refractivity contribution is 0.787. The van der Waals surface area contributed by atoms with Crippen molar-refractivity contribution in [3.05, 3.63) is 0 Å². The second-order valence-corrected chi connectivity index (χ2v) is 10.9. The van der Waals surface area contributed by atoms with Gasteiger partial charge in [-0.3, -0.25) is 0 Å². The lowest BCUT2D eigenvalue weighted by atomic mass is 10.2. The van der Waals surface area contributed by atoms with Crippen LogP contribution in [-0.2, 0) is 0 Å². The quantitative estimate of drug-likeness (QED) is 0.463. The molecule has 0 aliphatic carbocycles. The molecule has 0 amide bonds. The Labute approximate surface area is 54.5 Å². The predicted octanol–water partition coefficient (Wildman–Crippen LogP) is 2.92. The normalized spacial score (nSPS) is 43.5. The molecule has 8 heavy (non-hydrogen) atoms. The van der Waals surface area contributed by atoms with Crippen LogP contribution in [0.4, 0.5) is 0 Å². The third-order valence-electron chi connectivity index (χ3n) is 2.00. The van der Waals surface area contributed by atoms with Crippen LogP contribution in [0.5, 0.6) is 0 Å². The summed E-state index contributed by atoms with van der Waals surface area (Å²) in [6, 6.07) is 0. The SMILES string of the molecule is CP1CC(C)(C)P1C. The van der Waals surface area contributed by atoms with Crippen molar-refractivity contribution in [3.8, 4) is 0 Å². The van der Waals surface area contributed by atoms with Crippen molar-refractivity contribution in [1.29, 1.82) is 0 Å². The fraction of sp³-hybridized carbons (Fsp3) is 1.00. The van der Waals surface area contributed by atoms with Crippen LogP contribution in [0, 0.1) is 0 Å². The molecule has 2 heteroatoms. The molecule has 48 valence electrons. The van der Waals surface area contributed by atoms with Crippen molar-refractivity contribution < 1.29 is 0 Å². The lowest BCUT2D eigenvalue weighted by Gasteiger charge is -2.49. The largest absolute Gasteiger partial charge is 0.0830 e. The summed E-state index contributed by atoms with van der Waals surface area (Å²) in [4.78, 5) is 0. The summed E-state index contributed by atoms with van der Waals surface area (Å²) in [7, 11) is 0.941. The van der Waals surface area contributed by atoms with E-state index in [2.05, 4.69) is 27.2 Å². The molecule has 2 unspecified atom stereocenters. The van der Waals surface area contributed by atoms with Gasteiger partial charge >= 0.3 is 0 Å². The van der Waals surface area contributed by atoms with E-state index in [0.717, 1.165) is 5.16 Å². The molecular weight excluding hydrogens is 134 g/mol. The van der Waals surface area contributed by atoms with Gasteiger partial charge in [-0.2, -0.15) is 0 Å². The molecule has 0 saturated carbocycles. The minimum Gasteiger partial charge on any atom is -0.0830 e. The Hall–Kier alpha value is 0.860. The van der Waals surface area contributed by atoms with Crippen LogP contribution in [0.15, 0.2) is 0 Å². The zero-order valence-electron chi connectivity index (χ0n) is 6.10. The molecule has 0 nitrogen and oxygen atoms in total. The van der Waals surface area contributed by atoms with E-state index < -0.39 is 0 Å². The van der Waals surface area contributed by atoms with E-state index in [1.807, 2.05) is 0 Å². The molecule has 1 saturated heterocycles. The summed E-state index contributed by atoms with van der Waals surface area (Å²) in [5, 5.41) is 0.746. The first-order valence-electron chi connectivity index (χ1n) is 2.99. The Kier molecular flexibility index (Phi) is 1.68. The summed E-state index contributed by atoms with van der Waals surface area (Å²) in [6.07, 6.45) is 1.52. The standard InChI is InChI=1S/C6H14P2/c1-6(2)5-7(3)8(6)4/h5H2,1-4H3. The van der Waals surface area contributed by atoms with Gasteiger partial charge in [-0.1, -0.05) is 29.1 Å². The van der Waals surface area contributed by atoms with Crippen LogP contribution < -0.4 is 0 Å². The number of hydrogen-bond donors (Lipinski definition) is 0. The topological polar surface area (TPSA) is 0 Å². The molecule has 1 heterocycles. The molecule has 0 N–H and O–H groups in total. The van der Waals surface area contributed by atoms with Gasteiger partial charge in [0, 0.05) is 0 Å². The minimum absolute atomic E-state index is 0.443. The third kappa shape index (κ3) is 0.937. The molecule has 0 aromatic rings. The maximum atomic E-state index is 2.45. The Morgan fingerprint density at radius 1 is 1.25 bits per heavy atom. The smallest absolute Gasteiger partial charge is 0.00727 e.